The maximum absolute atomic E-state index is 12.7. The number of thioether (sulfide) groups is 1. The van der Waals surface area contributed by atoms with Crippen LogP contribution in [0.4, 0.5) is 5.69 Å². The Morgan fingerprint density at radius 2 is 1.94 bits per heavy atom. The van der Waals surface area contributed by atoms with Crippen LogP contribution in [0.2, 0.25) is 0 Å². The second-order valence-electron chi connectivity index (χ2n) is 7.65. The van der Waals surface area contributed by atoms with Crippen molar-refractivity contribution in [1.82, 2.24) is 20.2 Å². The van der Waals surface area contributed by atoms with Crippen LogP contribution in [0, 0.1) is 13.8 Å². The predicted molar refractivity (Wildman–Crippen MR) is 128 cm³/mol. The lowest BCUT2D eigenvalue weighted by Gasteiger charge is -2.11. The smallest absolute Gasteiger partial charge is 0.234 e. The third-order valence-electron chi connectivity index (χ3n) is 5.33. The van der Waals surface area contributed by atoms with Gasteiger partial charge in [-0.05, 0) is 48.0 Å². The minimum absolute atomic E-state index is 0.132. The number of para-hydroxylation sites is 1. The van der Waals surface area contributed by atoms with Crippen LogP contribution in [0.5, 0.6) is 5.75 Å². The molecule has 0 bridgehead atoms. The molecular weight excluding hydrogens is 438 g/mol. The van der Waals surface area contributed by atoms with E-state index < -0.39 is 0 Å². The Morgan fingerprint density at radius 1 is 1.09 bits per heavy atom. The van der Waals surface area contributed by atoms with Gasteiger partial charge in [0.1, 0.15) is 16.9 Å². The molecule has 9 heteroatoms. The Balaban J connectivity index is 1.35. The SMILES string of the molecule is COc1cc2c(cc1NC(=O)CSc1nnnn1-c1ccc(C)cc1C)oc1ccccc12. The van der Waals surface area contributed by atoms with Crippen LogP contribution in [0.15, 0.2) is 64.2 Å². The fourth-order valence-electron chi connectivity index (χ4n) is 3.80. The van der Waals surface area contributed by atoms with Crippen molar-refractivity contribution < 1.29 is 13.9 Å². The highest BCUT2D eigenvalue weighted by Gasteiger charge is 2.16. The van der Waals surface area contributed by atoms with E-state index in [-0.39, 0.29) is 11.7 Å². The topological polar surface area (TPSA) is 95.1 Å². The van der Waals surface area contributed by atoms with Crippen LogP contribution in [0.25, 0.3) is 27.6 Å². The monoisotopic (exact) mass is 459 g/mol. The average molecular weight is 460 g/mol. The molecule has 0 aliphatic carbocycles. The van der Waals surface area contributed by atoms with Gasteiger partial charge in [0, 0.05) is 16.8 Å². The highest BCUT2D eigenvalue weighted by molar-refractivity contribution is 7.99. The number of tetrazole rings is 1. The predicted octanol–water partition coefficient (Wildman–Crippen LogP) is 4.92. The number of carbonyl (C=O) groups excluding carboxylic acids is 1. The molecule has 3 aromatic carbocycles. The van der Waals surface area contributed by atoms with Crippen LogP contribution in [-0.4, -0.2) is 39.0 Å². The van der Waals surface area contributed by atoms with Gasteiger partial charge in [-0.1, -0.05) is 47.7 Å². The first-order valence-corrected chi connectivity index (χ1v) is 11.3. The summed E-state index contributed by atoms with van der Waals surface area (Å²) in [7, 11) is 1.58. The van der Waals surface area contributed by atoms with E-state index in [0.29, 0.717) is 22.2 Å². The van der Waals surface area contributed by atoms with Gasteiger partial charge in [0.15, 0.2) is 0 Å². The molecule has 0 saturated carbocycles. The molecule has 1 amide bonds. The van der Waals surface area contributed by atoms with Gasteiger partial charge in [-0.25, -0.2) is 0 Å². The molecule has 1 N–H and O–H groups in total. The lowest BCUT2D eigenvalue weighted by Crippen LogP contribution is -2.15. The molecule has 0 radical (unpaired) electrons. The molecule has 0 saturated heterocycles. The molecule has 8 nitrogen and oxygen atoms in total. The number of nitrogens with one attached hydrogen (secondary N) is 1. The number of fused-ring (bicyclic) bond motifs is 3. The summed E-state index contributed by atoms with van der Waals surface area (Å²) in [6.45, 7) is 4.04. The van der Waals surface area contributed by atoms with Gasteiger partial charge in [0.25, 0.3) is 0 Å². The molecule has 0 unspecified atom stereocenters. The largest absolute Gasteiger partial charge is 0.495 e. The van der Waals surface area contributed by atoms with Crippen molar-refractivity contribution >= 4 is 45.3 Å². The van der Waals surface area contributed by atoms with Gasteiger partial charge < -0.3 is 14.5 Å². The molecule has 0 spiro atoms. The molecule has 0 aliphatic rings. The van der Waals surface area contributed by atoms with E-state index in [1.54, 1.807) is 17.9 Å². The molecule has 0 aliphatic heterocycles. The third-order valence-corrected chi connectivity index (χ3v) is 6.25. The summed E-state index contributed by atoms with van der Waals surface area (Å²) in [5.74, 6) is 0.489. The van der Waals surface area contributed by atoms with Crippen LogP contribution in [0.3, 0.4) is 0 Å². The second-order valence-corrected chi connectivity index (χ2v) is 8.59. The van der Waals surface area contributed by atoms with E-state index in [1.165, 1.54) is 11.8 Å². The van der Waals surface area contributed by atoms with E-state index in [0.717, 1.165) is 33.2 Å². The van der Waals surface area contributed by atoms with E-state index >= 15 is 0 Å². The number of anilines is 1. The maximum atomic E-state index is 12.7. The Morgan fingerprint density at radius 3 is 2.76 bits per heavy atom. The van der Waals surface area contributed by atoms with Gasteiger partial charge in [-0.2, -0.15) is 4.68 Å². The molecule has 5 aromatic rings. The van der Waals surface area contributed by atoms with Crippen LogP contribution >= 0.6 is 11.8 Å². The molecule has 0 fully saturated rings. The molecular formula is C24H21N5O3S. The molecule has 33 heavy (non-hydrogen) atoms. The zero-order valence-corrected chi connectivity index (χ0v) is 19.1. The van der Waals surface area contributed by atoms with Gasteiger partial charge in [0.05, 0.1) is 24.2 Å². The Bertz CT molecular complexity index is 1490. The lowest BCUT2D eigenvalue weighted by molar-refractivity contribution is -0.113. The van der Waals surface area contributed by atoms with Crippen molar-refractivity contribution in [2.24, 2.45) is 0 Å². The summed E-state index contributed by atoms with van der Waals surface area (Å²) >= 11 is 1.26. The molecule has 0 atom stereocenters. The highest BCUT2D eigenvalue weighted by atomic mass is 32.2. The normalized spacial score (nSPS) is 11.2. The first-order valence-electron chi connectivity index (χ1n) is 10.3. The van der Waals surface area contributed by atoms with Crippen LogP contribution in [-0.2, 0) is 4.79 Å². The molecule has 2 aromatic heterocycles. The number of aromatic nitrogens is 4. The standard InChI is InChI=1S/C24H21N5O3S/c1-14-8-9-19(15(2)10-14)29-24(26-27-28-29)33-13-23(30)25-18-12-21-17(11-22(18)31-3)16-6-4-5-7-20(16)32-21/h4-12H,13H2,1-3H3,(H,25,30). The van der Waals surface area contributed by atoms with Crippen molar-refractivity contribution in [2.75, 3.05) is 18.2 Å². The number of hydrogen-bond donors (Lipinski definition) is 1. The van der Waals surface area contributed by atoms with Crippen molar-refractivity contribution in [2.45, 2.75) is 19.0 Å². The Hall–Kier alpha value is -3.85. The fraction of sp³-hybridized carbons (Fsp3) is 0.167. The van der Waals surface area contributed by atoms with E-state index in [2.05, 4.69) is 26.9 Å². The fourth-order valence-corrected chi connectivity index (χ4v) is 4.48. The molecule has 166 valence electrons. The number of ether oxygens (including phenoxy) is 1. The summed E-state index contributed by atoms with van der Waals surface area (Å²) < 4.78 is 13.1. The number of aryl methyl sites for hydroxylation is 2. The van der Waals surface area contributed by atoms with E-state index in [9.17, 15) is 4.79 Å². The van der Waals surface area contributed by atoms with Crippen molar-refractivity contribution in [3.05, 3.63) is 65.7 Å². The quantitative estimate of drug-likeness (QED) is 0.360. The van der Waals surface area contributed by atoms with Crippen LogP contribution in [0.1, 0.15) is 11.1 Å². The number of methoxy groups -OCH3 is 1. The Labute approximate surface area is 193 Å². The summed E-state index contributed by atoms with van der Waals surface area (Å²) in [5.41, 5.74) is 5.10. The summed E-state index contributed by atoms with van der Waals surface area (Å²) in [6, 6.07) is 17.5. The number of rotatable bonds is 6. The zero-order valence-electron chi connectivity index (χ0n) is 18.3. The molecule has 5 rings (SSSR count). The van der Waals surface area contributed by atoms with E-state index in [4.69, 9.17) is 9.15 Å². The van der Waals surface area contributed by atoms with Crippen molar-refractivity contribution in [3.63, 3.8) is 0 Å². The highest BCUT2D eigenvalue weighted by Crippen LogP contribution is 2.36. The third kappa shape index (κ3) is 4.03. The van der Waals surface area contributed by atoms with Gasteiger partial charge in [-0.3, -0.25) is 4.79 Å². The summed E-state index contributed by atoms with van der Waals surface area (Å²) in [5, 5.41) is 17.3. The number of furan rings is 1. The average Bonchev–Trinajstić information content (AvgIpc) is 3.41. The van der Waals surface area contributed by atoms with Gasteiger partial charge in [0.2, 0.25) is 11.1 Å². The number of nitrogens with zero attached hydrogens (tertiary/aromatic N) is 4. The number of amides is 1. The minimum atomic E-state index is -0.205. The zero-order chi connectivity index (χ0) is 22.9. The number of carbonyl (C=O) groups is 1. The minimum Gasteiger partial charge on any atom is -0.495 e. The second kappa shape index (κ2) is 8.59. The van der Waals surface area contributed by atoms with Gasteiger partial charge in [-0.15, -0.1) is 5.10 Å². The molecule has 2 heterocycles. The van der Waals surface area contributed by atoms with Crippen molar-refractivity contribution in [1.29, 1.82) is 0 Å². The summed E-state index contributed by atoms with van der Waals surface area (Å²) in [4.78, 5) is 12.7. The first-order chi connectivity index (χ1) is 16.0. The van der Waals surface area contributed by atoms with Crippen LogP contribution < -0.4 is 10.1 Å². The first kappa shape index (κ1) is 21.0. The Kier molecular flexibility index (Phi) is 5.47. The van der Waals surface area contributed by atoms with Gasteiger partial charge >= 0.3 is 0 Å². The number of hydrogen-bond acceptors (Lipinski definition) is 7. The number of benzene rings is 3. The summed E-state index contributed by atoms with van der Waals surface area (Å²) in [6.07, 6.45) is 0. The maximum Gasteiger partial charge on any atom is 0.234 e. The van der Waals surface area contributed by atoms with E-state index in [1.807, 2.05) is 56.3 Å². The van der Waals surface area contributed by atoms with Crippen molar-refractivity contribution in [3.8, 4) is 11.4 Å². The lowest BCUT2D eigenvalue weighted by atomic mass is 10.1.